The molecule has 0 aliphatic heterocycles. The zero-order chi connectivity index (χ0) is 17.8. The van der Waals surface area contributed by atoms with Crippen LogP contribution in [0.1, 0.15) is 10.5 Å². The van der Waals surface area contributed by atoms with Crippen LogP contribution in [-0.2, 0) is 6.73 Å². The molecule has 128 valence electrons. The van der Waals surface area contributed by atoms with Gasteiger partial charge in [0.1, 0.15) is 0 Å². The Bertz CT molecular complexity index is 894. The molecule has 0 aliphatic carbocycles. The van der Waals surface area contributed by atoms with Gasteiger partial charge in [0.05, 0.1) is 15.7 Å². The molecule has 2 aromatic heterocycles. The average Bonchev–Trinajstić information content (AvgIpc) is 3.05. The molecule has 1 N–H and O–H groups in total. The van der Waals surface area contributed by atoms with E-state index < -0.39 is 5.91 Å². The van der Waals surface area contributed by atoms with Gasteiger partial charge in [-0.1, -0.05) is 40.9 Å². The Kier molecular flexibility index (Phi) is 5.43. The summed E-state index contributed by atoms with van der Waals surface area (Å²) in [5.41, 5.74) is 0.608. The first kappa shape index (κ1) is 17.5. The largest absolute Gasteiger partial charge is 0.468 e. The van der Waals surface area contributed by atoms with Gasteiger partial charge in [0.25, 0.3) is 5.91 Å². The number of para-hydroxylation sites is 1. The molecule has 25 heavy (non-hydrogen) atoms. The Balaban J connectivity index is 1.66. The van der Waals surface area contributed by atoms with Crippen LogP contribution in [0.5, 0.6) is 5.75 Å². The highest BCUT2D eigenvalue weighted by atomic mass is 35.5. The summed E-state index contributed by atoms with van der Waals surface area (Å²) in [5, 5.41) is 7.77. The summed E-state index contributed by atoms with van der Waals surface area (Å²) >= 11 is 18.0. The van der Waals surface area contributed by atoms with Crippen LogP contribution in [-0.4, -0.2) is 20.7 Å². The number of ether oxygens (including phenoxy) is 1. The van der Waals surface area contributed by atoms with E-state index in [9.17, 15) is 4.79 Å². The fraction of sp³-hybridized carbons (Fsp3) is 0.0625. The van der Waals surface area contributed by atoms with Gasteiger partial charge in [0, 0.05) is 12.4 Å². The van der Waals surface area contributed by atoms with Crippen LogP contribution in [0.4, 0.5) is 5.69 Å². The highest BCUT2D eigenvalue weighted by molar-refractivity contribution is 6.37. The van der Waals surface area contributed by atoms with Gasteiger partial charge in [0.15, 0.2) is 23.3 Å². The third-order valence-corrected chi connectivity index (χ3v) is 4.04. The maximum Gasteiger partial charge on any atom is 0.276 e. The Labute approximate surface area is 158 Å². The molecule has 0 spiro atoms. The van der Waals surface area contributed by atoms with E-state index >= 15 is 0 Å². The molecular weight excluding hydrogens is 387 g/mol. The predicted molar refractivity (Wildman–Crippen MR) is 96.5 cm³/mol. The van der Waals surface area contributed by atoms with E-state index in [0.717, 1.165) is 0 Å². The van der Waals surface area contributed by atoms with E-state index in [2.05, 4.69) is 15.4 Å². The molecule has 0 bridgehead atoms. The molecule has 0 atom stereocenters. The number of rotatable bonds is 5. The number of halogens is 3. The van der Waals surface area contributed by atoms with Crippen molar-refractivity contribution in [3.05, 3.63) is 69.7 Å². The zero-order valence-corrected chi connectivity index (χ0v) is 14.9. The van der Waals surface area contributed by atoms with Gasteiger partial charge in [-0.05, 0) is 30.3 Å². The normalized spacial score (nSPS) is 10.5. The third-order valence-electron chi connectivity index (χ3n) is 3.14. The molecule has 0 aliphatic rings. The number of nitrogens with zero attached hydrogens (tertiary/aromatic N) is 3. The van der Waals surface area contributed by atoms with Gasteiger partial charge in [-0.25, -0.2) is 9.67 Å². The number of benzene rings is 1. The number of pyridine rings is 1. The maximum atomic E-state index is 12.2. The number of nitrogens with one attached hydrogen (secondary N) is 1. The van der Waals surface area contributed by atoms with Crippen LogP contribution in [0.3, 0.4) is 0 Å². The summed E-state index contributed by atoms with van der Waals surface area (Å²) in [6.45, 7) is 0.0460. The van der Waals surface area contributed by atoms with E-state index in [1.807, 2.05) is 0 Å². The molecule has 3 aromatic rings. The summed E-state index contributed by atoms with van der Waals surface area (Å²) in [6.07, 6.45) is 3.13. The second-order valence-electron chi connectivity index (χ2n) is 4.86. The molecule has 1 aromatic carbocycles. The van der Waals surface area contributed by atoms with E-state index in [-0.39, 0.29) is 17.6 Å². The minimum atomic E-state index is -0.413. The number of carbonyl (C=O) groups is 1. The van der Waals surface area contributed by atoms with Crippen molar-refractivity contribution in [1.29, 1.82) is 0 Å². The average molecular weight is 398 g/mol. The van der Waals surface area contributed by atoms with Crippen molar-refractivity contribution in [2.45, 2.75) is 6.73 Å². The van der Waals surface area contributed by atoms with Crippen molar-refractivity contribution < 1.29 is 9.53 Å². The third kappa shape index (κ3) is 4.22. The van der Waals surface area contributed by atoms with Crippen molar-refractivity contribution >= 4 is 46.4 Å². The van der Waals surface area contributed by atoms with Crippen LogP contribution >= 0.6 is 34.8 Å². The molecule has 0 saturated carbocycles. The topological polar surface area (TPSA) is 69.0 Å². The van der Waals surface area contributed by atoms with Crippen molar-refractivity contribution in [2.75, 3.05) is 5.32 Å². The summed E-state index contributed by atoms with van der Waals surface area (Å²) in [5.74, 6) is -0.0566. The second kappa shape index (κ2) is 7.74. The SMILES string of the molecule is O=C(Nc1cccnc1Cl)c1ccn(COc2c(Cl)cccc2Cl)n1. The van der Waals surface area contributed by atoms with Gasteiger partial charge in [-0.3, -0.25) is 4.79 Å². The minimum absolute atomic E-state index is 0.0460. The van der Waals surface area contributed by atoms with Crippen molar-refractivity contribution in [3.8, 4) is 5.75 Å². The first-order valence-electron chi connectivity index (χ1n) is 7.07. The Morgan fingerprint density at radius 1 is 1.12 bits per heavy atom. The van der Waals surface area contributed by atoms with Gasteiger partial charge < -0.3 is 10.1 Å². The number of anilines is 1. The fourth-order valence-electron chi connectivity index (χ4n) is 1.97. The van der Waals surface area contributed by atoms with Crippen LogP contribution in [0.2, 0.25) is 15.2 Å². The summed E-state index contributed by atoms with van der Waals surface area (Å²) < 4.78 is 7.00. The van der Waals surface area contributed by atoms with Crippen LogP contribution in [0.25, 0.3) is 0 Å². The van der Waals surface area contributed by atoms with Crippen LogP contribution in [0, 0.1) is 0 Å². The summed E-state index contributed by atoms with van der Waals surface area (Å²) in [6, 6.07) is 9.92. The number of amides is 1. The molecule has 9 heteroatoms. The Hall–Kier alpha value is -2.28. The first-order valence-corrected chi connectivity index (χ1v) is 8.20. The van der Waals surface area contributed by atoms with Crippen molar-refractivity contribution in [2.24, 2.45) is 0 Å². The van der Waals surface area contributed by atoms with Crippen molar-refractivity contribution in [1.82, 2.24) is 14.8 Å². The Morgan fingerprint density at radius 2 is 1.88 bits per heavy atom. The second-order valence-corrected chi connectivity index (χ2v) is 6.03. The molecule has 6 nitrogen and oxygen atoms in total. The minimum Gasteiger partial charge on any atom is -0.468 e. The highest BCUT2D eigenvalue weighted by Gasteiger charge is 2.13. The van der Waals surface area contributed by atoms with Gasteiger partial charge in [0.2, 0.25) is 0 Å². The predicted octanol–water partition coefficient (Wildman–Crippen LogP) is 4.53. The number of hydrogen-bond donors (Lipinski definition) is 1. The fourth-order valence-corrected chi connectivity index (χ4v) is 2.64. The lowest BCUT2D eigenvalue weighted by atomic mass is 10.3. The molecule has 0 fully saturated rings. The molecule has 2 heterocycles. The molecule has 0 saturated heterocycles. The Morgan fingerprint density at radius 3 is 2.60 bits per heavy atom. The zero-order valence-electron chi connectivity index (χ0n) is 12.6. The van der Waals surface area contributed by atoms with E-state index in [4.69, 9.17) is 39.5 Å². The molecule has 0 radical (unpaired) electrons. The standard InChI is InChI=1S/C16H11Cl3N4O2/c17-10-3-1-4-11(18)14(10)25-9-23-8-6-13(22-23)16(24)21-12-5-2-7-20-15(12)19/h1-8H,9H2,(H,21,24). The van der Waals surface area contributed by atoms with Crippen LogP contribution < -0.4 is 10.1 Å². The first-order chi connectivity index (χ1) is 12.0. The van der Waals surface area contributed by atoms with E-state index in [1.165, 1.54) is 10.9 Å². The number of carbonyl (C=O) groups excluding carboxylic acids is 1. The molecule has 1 amide bonds. The number of hydrogen-bond acceptors (Lipinski definition) is 4. The van der Waals surface area contributed by atoms with Gasteiger partial charge in [-0.2, -0.15) is 5.10 Å². The summed E-state index contributed by atoms with van der Waals surface area (Å²) in [4.78, 5) is 16.1. The van der Waals surface area contributed by atoms with E-state index in [1.54, 1.807) is 42.6 Å². The van der Waals surface area contributed by atoms with Crippen molar-refractivity contribution in [3.63, 3.8) is 0 Å². The molecular formula is C16H11Cl3N4O2. The van der Waals surface area contributed by atoms with Gasteiger partial charge in [-0.15, -0.1) is 0 Å². The van der Waals surface area contributed by atoms with E-state index in [0.29, 0.717) is 21.5 Å². The summed E-state index contributed by atoms with van der Waals surface area (Å²) in [7, 11) is 0. The van der Waals surface area contributed by atoms with Crippen LogP contribution in [0.15, 0.2) is 48.8 Å². The molecule has 3 rings (SSSR count). The lowest BCUT2D eigenvalue weighted by Crippen LogP contribution is -2.14. The lowest BCUT2D eigenvalue weighted by Gasteiger charge is -2.09. The van der Waals surface area contributed by atoms with Gasteiger partial charge >= 0.3 is 0 Å². The lowest BCUT2D eigenvalue weighted by molar-refractivity contribution is 0.102. The highest BCUT2D eigenvalue weighted by Crippen LogP contribution is 2.32. The number of aromatic nitrogens is 3. The molecule has 0 unspecified atom stereocenters. The quantitative estimate of drug-likeness (QED) is 0.642. The smallest absolute Gasteiger partial charge is 0.276 e. The maximum absolute atomic E-state index is 12.2. The monoisotopic (exact) mass is 396 g/mol.